The Morgan fingerprint density at radius 3 is 2.02 bits per heavy atom. The van der Waals surface area contributed by atoms with Crippen LogP contribution < -0.4 is 21.3 Å². The van der Waals surface area contributed by atoms with E-state index in [0.29, 0.717) is 12.5 Å². The fourth-order valence-electron chi connectivity index (χ4n) is 4.29. The van der Waals surface area contributed by atoms with E-state index in [1.807, 2.05) is 24.3 Å². The first-order valence-corrected chi connectivity index (χ1v) is 13.2. The Morgan fingerprint density at radius 2 is 1.45 bits per heavy atom. The normalized spacial score (nSPS) is 18.0. The quantitative estimate of drug-likeness (QED) is 0.254. The second-order valence-electron chi connectivity index (χ2n) is 10.0. The maximum Gasteiger partial charge on any atom is 0.490 e. The highest BCUT2D eigenvalue weighted by molar-refractivity contribution is 5.89. The molecule has 2 aliphatic rings. The summed E-state index contributed by atoms with van der Waals surface area (Å²) in [4.78, 5) is 42.8. The van der Waals surface area contributed by atoms with Crippen molar-refractivity contribution in [1.29, 1.82) is 0 Å². The molecule has 10 nitrogen and oxygen atoms in total. The van der Waals surface area contributed by atoms with Gasteiger partial charge < -0.3 is 31.5 Å². The topological polar surface area (TPSA) is 157 Å². The summed E-state index contributed by atoms with van der Waals surface area (Å²) < 4.78 is 63.5. The number of benzene rings is 2. The molecule has 1 fully saturated rings. The van der Waals surface area contributed by atoms with Crippen molar-refractivity contribution in [1.82, 2.24) is 21.3 Å². The van der Waals surface area contributed by atoms with Crippen molar-refractivity contribution in [2.75, 3.05) is 6.54 Å². The van der Waals surface area contributed by atoms with Crippen LogP contribution in [0.2, 0.25) is 0 Å². The number of carbonyl (C=O) groups is 4. The zero-order valence-corrected chi connectivity index (χ0v) is 23.4. The summed E-state index contributed by atoms with van der Waals surface area (Å²) in [6, 6.07) is 15.8. The number of carboxylic acids is 2. The maximum absolute atomic E-state index is 12.6. The molecule has 0 bridgehead atoms. The molecular weight excluding hydrogens is 602 g/mol. The van der Waals surface area contributed by atoms with Crippen LogP contribution in [-0.4, -0.2) is 64.9 Å². The molecule has 2 aliphatic heterocycles. The molecule has 1 saturated heterocycles. The minimum absolute atomic E-state index is 0.100. The molecule has 6 N–H and O–H groups in total. The van der Waals surface area contributed by atoms with E-state index in [2.05, 4.69) is 45.5 Å². The van der Waals surface area contributed by atoms with E-state index in [9.17, 15) is 35.9 Å². The number of hydrogen-bond acceptors (Lipinski definition) is 6. The van der Waals surface area contributed by atoms with Crippen molar-refractivity contribution in [3.05, 3.63) is 70.8 Å². The van der Waals surface area contributed by atoms with Gasteiger partial charge in [0.1, 0.15) is 6.04 Å². The molecule has 2 amide bonds. The van der Waals surface area contributed by atoms with Gasteiger partial charge >= 0.3 is 24.3 Å². The molecule has 2 aromatic rings. The van der Waals surface area contributed by atoms with Crippen LogP contribution >= 0.6 is 0 Å². The molecule has 0 aliphatic carbocycles. The molecular formula is C28H32F6N4O6. The van der Waals surface area contributed by atoms with Gasteiger partial charge in [0.15, 0.2) is 0 Å². The molecule has 44 heavy (non-hydrogen) atoms. The van der Waals surface area contributed by atoms with Gasteiger partial charge in [-0.2, -0.15) is 26.3 Å². The van der Waals surface area contributed by atoms with E-state index < -0.39 is 30.3 Å². The highest BCUT2D eigenvalue weighted by Crippen LogP contribution is 2.20. The zero-order valence-electron chi connectivity index (χ0n) is 23.4. The number of fused-ring (bicyclic) bond motifs is 1. The number of halogens is 6. The lowest BCUT2D eigenvalue weighted by atomic mass is 9.96. The summed E-state index contributed by atoms with van der Waals surface area (Å²) in [6.07, 6.45) is -8.41. The van der Waals surface area contributed by atoms with Gasteiger partial charge in [0.05, 0.1) is 6.04 Å². The molecule has 2 heterocycles. The van der Waals surface area contributed by atoms with E-state index in [0.717, 1.165) is 38.0 Å². The monoisotopic (exact) mass is 634 g/mol. The predicted octanol–water partition coefficient (Wildman–Crippen LogP) is 2.90. The number of alkyl halides is 6. The Kier molecular flexibility index (Phi) is 13.1. The van der Waals surface area contributed by atoms with E-state index in [1.165, 1.54) is 16.7 Å². The molecule has 0 aromatic heterocycles. The van der Waals surface area contributed by atoms with E-state index in [-0.39, 0.29) is 17.9 Å². The third kappa shape index (κ3) is 12.2. The van der Waals surface area contributed by atoms with Crippen molar-refractivity contribution in [3.63, 3.8) is 0 Å². The van der Waals surface area contributed by atoms with Crippen LogP contribution in [0.4, 0.5) is 26.3 Å². The van der Waals surface area contributed by atoms with Gasteiger partial charge in [0.2, 0.25) is 11.8 Å². The Balaban J connectivity index is 0.000000402. The predicted molar refractivity (Wildman–Crippen MR) is 144 cm³/mol. The first-order valence-electron chi connectivity index (χ1n) is 13.2. The van der Waals surface area contributed by atoms with Gasteiger partial charge in [-0.25, -0.2) is 9.59 Å². The van der Waals surface area contributed by atoms with Gasteiger partial charge in [-0.05, 0) is 54.5 Å². The summed E-state index contributed by atoms with van der Waals surface area (Å²) >= 11 is 0. The zero-order chi connectivity index (χ0) is 33.1. The van der Waals surface area contributed by atoms with E-state index >= 15 is 0 Å². The van der Waals surface area contributed by atoms with Crippen molar-refractivity contribution in [3.8, 4) is 0 Å². The number of carbonyl (C=O) groups excluding carboxylic acids is 2. The SMILES string of the molecule is CC(NC(=O)[C@H]1C[C@H](Cc2ccccc2)CN1)C(=O)NCc1ccc2c(c1)CNC2.O=C(O)C(F)(F)F.O=C(O)C(F)(F)F. The molecule has 242 valence electrons. The van der Waals surface area contributed by atoms with Crippen LogP contribution in [0.15, 0.2) is 48.5 Å². The second kappa shape index (κ2) is 16.0. The number of rotatable bonds is 7. The highest BCUT2D eigenvalue weighted by atomic mass is 19.4. The Labute approximate surface area is 248 Å². The van der Waals surface area contributed by atoms with E-state index in [1.54, 1.807) is 6.92 Å². The summed E-state index contributed by atoms with van der Waals surface area (Å²) in [5.74, 6) is -5.35. The number of nitrogens with one attached hydrogen (secondary N) is 4. The number of carboxylic acid groups (broad SMARTS) is 2. The van der Waals surface area contributed by atoms with Gasteiger partial charge in [-0.3, -0.25) is 9.59 Å². The van der Waals surface area contributed by atoms with E-state index in [4.69, 9.17) is 19.8 Å². The number of aliphatic carboxylic acids is 2. The average Bonchev–Trinajstić information content (AvgIpc) is 3.61. The molecule has 4 rings (SSSR count). The Hall–Kier alpha value is -4.18. The van der Waals surface area contributed by atoms with Gasteiger partial charge in [0, 0.05) is 19.6 Å². The highest BCUT2D eigenvalue weighted by Gasteiger charge is 2.39. The molecule has 0 radical (unpaired) electrons. The van der Waals surface area contributed by atoms with Crippen LogP contribution in [0.5, 0.6) is 0 Å². The van der Waals surface area contributed by atoms with Crippen LogP contribution in [-0.2, 0) is 45.2 Å². The smallest absolute Gasteiger partial charge is 0.475 e. The van der Waals surface area contributed by atoms with Crippen molar-refractivity contribution in [2.24, 2.45) is 5.92 Å². The fraction of sp³-hybridized carbons (Fsp3) is 0.429. The third-order valence-corrected chi connectivity index (χ3v) is 6.51. The lowest BCUT2D eigenvalue weighted by Gasteiger charge is -2.17. The Bertz CT molecular complexity index is 1270. The minimum atomic E-state index is -5.08. The molecule has 1 unspecified atom stereocenters. The molecule has 0 saturated carbocycles. The maximum atomic E-state index is 12.6. The Morgan fingerprint density at radius 1 is 0.886 bits per heavy atom. The van der Waals surface area contributed by atoms with Crippen LogP contribution in [0.25, 0.3) is 0 Å². The first kappa shape index (κ1) is 36.0. The summed E-state index contributed by atoms with van der Waals surface area (Å²) in [6.45, 7) is 4.81. The molecule has 16 heteroatoms. The third-order valence-electron chi connectivity index (χ3n) is 6.51. The fourth-order valence-corrected chi connectivity index (χ4v) is 4.29. The number of hydrogen-bond donors (Lipinski definition) is 6. The summed E-state index contributed by atoms with van der Waals surface area (Å²) in [5.41, 5.74) is 4.98. The molecule has 3 atom stereocenters. The largest absolute Gasteiger partial charge is 0.490 e. The average molecular weight is 635 g/mol. The summed E-state index contributed by atoms with van der Waals surface area (Å²) in [7, 11) is 0. The minimum Gasteiger partial charge on any atom is -0.475 e. The van der Waals surface area contributed by atoms with Crippen molar-refractivity contribution >= 4 is 23.8 Å². The van der Waals surface area contributed by atoms with Crippen molar-refractivity contribution in [2.45, 2.75) is 63.8 Å². The molecule has 0 spiro atoms. The van der Waals surface area contributed by atoms with Crippen LogP contribution in [0, 0.1) is 5.92 Å². The standard InChI is InChI=1S/C24H30N4O2.2C2HF3O2/c1-16(23(29)27-12-18-7-8-20-14-25-15-21(20)10-18)28-24(30)22-11-19(13-26-22)9-17-5-3-2-4-6-17;2*3-2(4,5)1(6)7/h2-8,10,16,19,22,25-26H,9,11-15H2,1H3,(H,27,29)(H,28,30);2*(H,6,7)/t16?,19-,22+;;/m0../s1. The van der Waals surface area contributed by atoms with Crippen molar-refractivity contribution < 1.29 is 55.7 Å². The number of amides is 2. The van der Waals surface area contributed by atoms with Gasteiger partial charge in [-0.1, -0.05) is 48.5 Å². The van der Waals surface area contributed by atoms with Gasteiger partial charge in [-0.15, -0.1) is 0 Å². The lowest BCUT2D eigenvalue weighted by Crippen LogP contribution is -2.49. The van der Waals surface area contributed by atoms with Gasteiger partial charge in [0.25, 0.3) is 0 Å². The lowest BCUT2D eigenvalue weighted by molar-refractivity contribution is -0.193. The first-order chi connectivity index (χ1) is 20.5. The molecule has 2 aromatic carbocycles. The summed E-state index contributed by atoms with van der Waals surface area (Å²) in [5, 5.41) is 26.7. The second-order valence-corrected chi connectivity index (χ2v) is 10.0. The van der Waals surface area contributed by atoms with Crippen LogP contribution in [0.1, 0.15) is 35.6 Å². The van der Waals surface area contributed by atoms with Crippen LogP contribution in [0.3, 0.4) is 0 Å².